The van der Waals surface area contributed by atoms with E-state index in [1.165, 1.54) is 29.8 Å². The normalized spacial score (nSPS) is 11.2. The van der Waals surface area contributed by atoms with Crippen molar-refractivity contribution in [3.8, 4) is 17.3 Å². The number of nitrogens with one attached hydrogen (secondary N) is 1. The number of carbonyl (C=O) groups excluding carboxylic acids is 1. The van der Waals surface area contributed by atoms with Gasteiger partial charge in [0.25, 0.3) is 5.91 Å². The first-order valence-electron chi connectivity index (χ1n) is 9.18. The van der Waals surface area contributed by atoms with E-state index in [0.717, 1.165) is 0 Å². The van der Waals surface area contributed by atoms with Gasteiger partial charge in [-0.3, -0.25) is 4.79 Å². The number of thioether (sulfide) groups is 1. The van der Waals surface area contributed by atoms with Crippen LogP contribution in [0.2, 0.25) is 0 Å². The number of hydrazone groups is 1. The van der Waals surface area contributed by atoms with Crippen LogP contribution < -0.4 is 15.9 Å². The number of benzene rings is 1. The number of phenols is 1. The zero-order valence-corrected chi connectivity index (χ0v) is 18.1. The molecule has 0 aliphatic rings. The van der Waals surface area contributed by atoms with Crippen LogP contribution in [0.1, 0.15) is 21.7 Å². The number of aromatic nitrogens is 8. The number of hydrogen-bond donors (Lipinski definition) is 3. The molecule has 0 spiro atoms. The Morgan fingerprint density at radius 2 is 2.24 bits per heavy atom. The van der Waals surface area contributed by atoms with E-state index in [2.05, 4.69) is 46.0 Å². The summed E-state index contributed by atoms with van der Waals surface area (Å²) in [6.45, 7) is 0. The van der Waals surface area contributed by atoms with Gasteiger partial charge in [-0.05, 0) is 22.4 Å². The first-order valence-corrected chi connectivity index (χ1v) is 10.2. The summed E-state index contributed by atoms with van der Waals surface area (Å²) >= 11 is 1.29. The van der Waals surface area contributed by atoms with Crippen molar-refractivity contribution in [2.75, 3.05) is 12.8 Å². The lowest BCUT2D eigenvalue weighted by Crippen LogP contribution is -2.20. The van der Waals surface area contributed by atoms with Crippen LogP contribution in [0.15, 0.2) is 39.4 Å². The minimum atomic E-state index is -0.650. The maximum Gasteiger partial charge on any atom is 0.293 e. The van der Waals surface area contributed by atoms with Gasteiger partial charge < -0.3 is 20.1 Å². The van der Waals surface area contributed by atoms with Crippen LogP contribution in [0, 0.1) is 0 Å². The van der Waals surface area contributed by atoms with Gasteiger partial charge in [0.15, 0.2) is 22.3 Å². The fraction of sp³-hybridized carbons (Fsp3) is 0.176. The number of nitrogens with zero attached hydrogens (tertiary/aromatic N) is 9. The number of methoxy groups -OCH3 is 1. The van der Waals surface area contributed by atoms with Crippen LogP contribution in [0.4, 0.5) is 5.82 Å². The molecule has 3 aromatic heterocycles. The summed E-state index contributed by atoms with van der Waals surface area (Å²) in [5, 5.41) is 37.6. The molecule has 4 rings (SSSR count). The molecule has 0 aliphatic heterocycles. The molecule has 0 saturated carbocycles. The van der Waals surface area contributed by atoms with Gasteiger partial charge in [-0.15, -0.1) is 15.3 Å². The van der Waals surface area contributed by atoms with Gasteiger partial charge in [0, 0.05) is 18.4 Å². The number of para-hydroxylation sites is 1. The molecule has 4 aromatic rings. The Morgan fingerprint density at radius 1 is 1.39 bits per heavy atom. The van der Waals surface area contributed by atoms with Crippen molar-refractivity contribution >= 4 is 29.7 Å². The SMILES string of the molecule is COc1cccc(/C=N\NC(=O)c2nnn(-c3nonc3N)c2CSc2nncn2C)c1O. The topological polar surface area (TPSA) is 197 Å². The number of aromatic hydroxyl groups is 1. The third-order valence-electron chi connectivity index (χ3n) is 4.30. The van der Waals surface area contributed by atoms with Gasteiger partial charge in [-0.2, -0.15) is 9.78 Å². The maximum atomic E-state index is 12.8. The van der Waals surface area contributed by atoms with E-state index in [1.807, 2.05) is 0 Å². The summed E-state index contributed by atoms with van der Waals surface area (Å²) < 4.78 is 12.7. The van der Waals surface area contributed by atoms with Crippen LogP contribution >= 0.6 is 11.8 Å². The third kappa shape index (κ3) is 4.45. The van der Waals surface area contributed by atoms with E-state index in [0.29, 0.717) is 16.4 Å². The molecule has 3 heterocycles. The Kier molecular flexibility index (Phi) is 6.16. The molecule has 1 aromatic carbocycles. The molecule has 33 heavy (non-hydrogen) atoms. The second-order valence-electron chi connectivity index (χ2n) is 6.38. The highest BCUT2D eigenvalue weighted by Crippen LogP contribution is 2.28. The molecule has 4 N–H and O–H groups in total. The van der Waals surface area contributed by atoms with Gasteiger partial charge >= 0.3 is 0 Å². The average molecular weight is 471 g/mol. The molecule has 16 heteroatoms. The van der Waals surface area contributed by atoms with Crippen molar-refractivity contribution in [2.24, 2.45) is 12.1 Å². The zero-order valence-electron chi connectivity index (χ0n) is 17.3. The minimum absolute atomic E-state index is 0.0247. The second kappa shape index (κ2) is 9.35. The molecular formula is C17H17N11O4S. The Hall–Kier alpha value is -4.47. The number of rotatable bonds is 8. The van der Waals surface area contributed by atoms with Crippen molar-refractivity contribution in [1.29, 1.82) is 0 Å². The van der Waals surface area contributed by atoms with Crippen molar-refractivity contribution < 1.29 is 19.3 Å². The fourth-order valence-electron chi connectivity index (χ4n) is 2.67. The summed E-state index contributed by atoms with van der Waals surface area (Å²) in [4.78, 5) is 12.8. The van der Waals surface area contributed by atoms with E-state index in [1.54, 1.807) is 36.1 Å². The number of amides is 1. The first-order chi connectivity index (χ1) is 16.0. The van der Waals surface area contributed by atoms with Crippen molar-refractivity contribution in [3.63, 3.8) is 0 Å². The number of phenolic OH excluding ortho intramolecular Hbond substituents is 1. The largest absolute Gasteiger partial charge is 0.504 e. The predicted octanol–water partition coefficient (Wildman–Crippen LogP) is 0.131. The molecule has 0 unspecified atom stereocenters. The molecular weight excluding hydrogens is 454 g/mol. The smallest absolute Gasteiger partial charge is 0.293 e. The van der Waals surface area contributed by atoms with Crippen LogP contribution in [0.5, 0.6) is 11.5 Å². The highest BCUT2D eigenvalue weighted by Gasteiger charge is 2.24. The summed E-state index contributed by atoms with van der Waals surface area (Å²) in [7, 11) is 3.21. The number of hydrogen-bond acceptors (Lipinski definition) is 13. The number of nitrogen functional groups attached to an aromatic ring is 1. The van der Waals surface area contributed by atoms with E-state index in [9.17, 15) is 9.90 Å². The van der Waals surface area contributed by atoms with Crippen LogP contribution in [0.25, 0.3) is 5.82 Å². The molecule has 0 fully saturated rings. The van der Waals surface area contributed by atoms with Crippen molar-refractivity contribution in [1.82, 2.24) is 45.5 Å². The predicted molar refractivity (Wildman–Crippen MR) is 114 cm³/mol. The lowest BCUT2D eigenvalue weighted by molar-refractivity contribution is 0.0949. The van der Waals surface area contributed by atoms with Gasteiger partial charge in [0.2, 0.25) is 11.6 Å². The van der Waals surface area contributed by atoms with Gasteiger partial charge in [0.05, 0.1) is 19.0 Å². The van der Waals surface area contributed by atoms with E-state index in [-0.39, 0.29) is 34.6 Å². The standard InChI is InChI=1S/C17H17N11O4S/c1-27-8-20-23-17(27)33-7-10-12(21-26-28(10)15-14(18)24-32-25-15)16(30)22-19-6-9-4-3-5-11(31-2)13(9)29/h3-6,8,29H,7H2,1-2H3,(H2,18,24)(H,22,30)/b19-6-. The molecule has 15 nitrogen and oxygen atoms in total. The van der Waals surface area contributed by atoms with Crippen LogP contribution in [0.3, 0.4) is 0 Å². The van der Waals surface area contributed by atoms with E-state index < -0.39 is 5.91 Å². The Labute approximate surface area is 189 Å². The molecule has 170 valence electrons. The molecule has 0 bridgehead atoms. The number of carbonyl (C=O) groups is 1. The minimum Gasteiger partial charge on any atom is -0.504 e. The molecule has 0 aliphatic carbocycles. The van der Waals surface area contributed by atoms with Gasteiger partial charge in [-0.25, -0.2) is 10.1 Å². The Balaban J connectivity index is 1.58. The Bertz CT molecular complexity index is 1310. The van der Waals surface area contributed by atoms with E-state index in [4.69, 9.17) is 10.5 Å². The summed E-state index contributed by atoms with van der Waals surface area (Å²) in [6, 6.07) is 4.87. The van der Waals surface area contributed by atoms with E-state index >= 15 is 0 Å². The summed E-state index contributed by atoms with van der Waals surface area (Å²) in [6.07, 6.45) is 2.82. The van der Waals surface area contributed by atoms with Gasteiger partial charge in [0.1, 0.15) is 6.33 Å². The second-order valence-corrected chi connectivity index (χ2v) is 7.32. The first kappa shape index (κ1) is 21.8. The lowest BCUT2D eigenvalue weighted by atomic mass is 10.2. The van der Waals surface area contributed by atoms with Gasteiger partial charge in [-0.1, -0.05) is 23.0 Å². The number of aryl methyl sites for hydroxylation is 1. The molecule has 0 radical (unpaired) electrons. The highest BCUT2D eigenvalue weighted by atomic mass is 32.2. The summed E-state index contributed by atoms with van der Waals surface area (Å²) in [5.74, 6) is -0.213. The maximum absolute atomic E-state index is 12.8. The molecule has 0 saturated heterocycles. The number of ether oxygens (including phenoxy) is 1. The average Bonchev–Trinajstić information content (AvgIpc) is 3.53. The lowest BCUT2D eigenvalue weighted by Gasteiger charge is -2.06. The van der Waals surface area contributed by atoms with Crippen molar-refractivity contribution in [2.45, 2.75) is 10.9 Å². The third-order valence-corrected chi connectivity index (χ3v) is 5.35. The zero-order chi connectivity index (χ0) is 23.4. The molecule has 0 atom stereocenters. The quantitative estimate of drug-likeness (QED) is 0.179. The monoisotopic (exact) mass is 471 g/mol. The summed E-state index contributed by atoms with van der Waals surface area (Å²) in [5.41, 5.74) is 8.80. The van der Waals surface area contributed by atoms with Crippen LogP contribution in [-0.4, -0.2) is 64.4 Å². The number of anilines is 1. The van der Waals surface area contributed by atoms with Crippen LogP contribution in [-0.2, 0) is 12.8 Å². The number of nitrogens with two attached hydrogens (primary N) is 1. The molecule has 1 amide bonds. The highest BCUT2D eigenvalue weighted by molar-refractivity contribution is 7.98. The fourth-order valence-corrected chi connectivity index (χ4v) is 3.55. The van der Waals surface area contributed by atoms with Crippen molar-refractivity contribution in [3.05, 3.63) is 41.5 Å². The Morgan fingerprint density at radius 3 is 2.94 bits per heavy atom.